The zero-order valence-electron chi connectivity index (χ0n) is 30.5. The van der Waals surface area contributed by atoms with Crippen molar-refractivity contribution < 1.29 is 28.4 Å². The Balaban J connectivity index is 0.000000237. The molecule has 12 nitrogen and oxygen atoms in total. The summed E-state index contributed by atoms with van der Waals surface area (Å²) in [6.07, 6.45) is 14.8. The summed E-state index contributed by atoms with van der Waals surface area (Å²) in [5.41, 5.74) is -0.923. The van der Waals surface area contributed by atoms with Gasteiger partial charge in [0.2, 0.25) is 11.9 Å². The normalized spacial score (nSPS) is 20.3. The van der Waals surface area contributed by atoms with E-state index < -0.39 is 29.2 Å². The molecule has 0 unspecified atom stereocenters. The molecule has 0 aliphatic carbocycles. The van der Waals surface area contributed by atoms with Crippen molar-refractivity contribution in [2.45, 2.75) is 91.3 Å². The van der Waals surface area contributed by atoms with Gasteiger partial charge in [-0.2, -0.15) is 0 Å². The van der Waals surface area contributed by atoms with E-state index in [1.807, 2.05) is 53.7 Å². The molecule has 0 aromatic carbocycles. The Hall–Kier alpha value is -3.36. The molecular formula is C36H52BBrN6O6. The lowest BCUT2D eigenvalue weighted by Gasteiger charge is -2.39. The number of aromatic nitrogens is 4. The van der Waals surface area contributed by atoms with E-state index in [1.165, 1.54) is 0 Å². The summed E-state index contributed by atoms with van der Waals surface area (Å²) in [5.74, 6) is 1.12. The van der Waals surface area contributed by atoms with Crippen molar-refractivity contribution in [3.63, 3.8) is 0 Å². The van der Waals surface area contributed by atoms with E-state index in [4.69, 9.17) is 18.8 Å². The first-order valence-corrected chi connectivity index (χ1v) is 18.3. The van der Waals surface area contributed by atoms with Gasteiger partial charge < -0.3 is 28.6 Å². The van der Waals surface area contributed by atoms with Crippen molar-refractivity contribution in [1.82, 2.24) is 19.9 Å². The molecule has 2 aromatic rings. The molecule has 0 bridgehead atoms. The summed E-state index contributed by atoms with van der Waals surface area (Å²) in [5, 5.41) is 0. The predicted molar refractivity (Wildman–Crippen MR) is 198 cm³/mol. The summed E-state index contributed by atoms with van der Waals surface area (Å²) in [4.78, 5) is 46.7. The molecule has 3 saturated heterocycles. The predicted octanol–water partition coefficient (Wildman–Crippen LogP) is 5.47. The van der Waals surface area contributed by atoms with Crippen LogP contribution in [-0.2, 0) is 28.4 Å². The fraction of sp³-hybridized carbons (Fsp3) is 0.611. The van der Waals surface area contributed by atoms with Crippen LogP contribution < -0.4 is 15.3 Å². The van der Waals surface area contributed by atoms with Gasteiger partial charge >= 0.3 is 19.1 Å². The van der Waals surface area contributed by atoms with Crippen LogP contribution in [0.5, 0.6) is 0 Å². The smallest absolute Gasteiger partial charge is 0.466 e. The fourth-order valence-electron chi connectivity index (χ4n) is 6.44. The zero-order valence-corrected chi connectivity index (χ0v) is 32.0. The first-order chi connectivity index (χ1) is 23.7. The monoisotopic (exact) mass is 754 g/mol. The Labute approximate surface area is 305 Å². The quantitative estimate of drug-likeness (QED) is 0.164. The summed E-state index contributed by atoms with van der Waals surface area (Å²) < 4.78 is 23.6. The number of allylic oxidation sites excluding steroid dienone is 2. The molecule has 3 fully saturated rings. The highest BCUT2D eigenvalue weighted by Gasteiger charge is 2.52. The highest BCUT2D eigenvalue weighted by Crippen LogP contribution is 2.39. The van der Waals surface area contributed by atoms with Crippen LogP contribution in [0.4, 0.5) is 11.9 Å². The van der Waals surface area contributed by atoms with E-state index in [1.54, 1.807) is 24.8 Å². The van der Waals surface area contributed by atoms with Crippen LogP contribution >= 0.6 is 15.9 Å². The molecule has 3 aliphatic heterocycles. The van der Waals surface area contributed by atoms with E-state index in [9.17, 15) is 9.59 Å². The number of halogens is 1. The molecule has 2 aromatic heterocycles. The van der Waals surface area contributed by atoms with Gasteiger partial charge in [-0.1, -0.05) is 12.2 Å². The van der Waals surface area contributed by atoms with Gasteiger partial charge in [0.05, 0.1) is 39.7 Å². The van der Waals surface area contributed by atoms with Crippen LogP contribution in [0.1, 0.15) is 80.1 Å². The third-order valence-electron chi connectivity index (χ3n) is 10.3. The second-order valence-corrected chi connectivity index (χ2v) is 15.0. The molecule has 0 atom stereocenters. The molecule has 0 amide bonds. The average Bonchev–Trinajstić information content (AvgIpc) is 3.32. The number of rotatable bonds is 11. The second-order valence-electron chi connectivity index (χ2n) is 14.1. The number of nitrogens with zero attached hydrogens (tertiary/aromatic N) is 6. The molecule has 5 heterocycles. The largest absolute Gasteiger partial charge is 0.498 e. The molecule has 5 rings (SSSR count). The third-order valence-corrected chi connectivity index (χ3v) is 10.7. The fourth-order valence-corrected chi connectivity index (χ4v) is 6.64. The molecular weight excluding hydrogens is 703 g/mol. The van der Waals surface area contributed by atoms with Crippen LogP contribution in [-0.4, -0.2) is 89.6 Å². The molecule has 0 saturated carbocycles. The second kappa shape index (κ2) is 16.8. The molecule has 3 aliphatic rings. The number of anilines is 2. The summed E-state index contributed by atoms with van der Waals surface area (Å²) in [7, 11) is -0.473. The Morgan fingerprint density at radius 2 is 1.12 bits per heavy atom. The maximum absolute atomic E-state index is 12.5. The highest BCUT2D eigenvalue weighted by atomic mass is 79.9. The van der Waals surface area contributed by atoms with E-state index in [-0.39, 0.29) is 11.9 Å². The van der Waals surface area contributed by atoms with E-state index >= 15 is 0 Å². The number of hydrogen-bond acceptors (Lipinski definition) is 12. The van der Waals surface area contributed by atoms with Crippen molar-refractivity contribution in [1.29, 1.82) is 0 Å². The first-order valence-electron chi connectivity index (χ1n) is 17.5. The number of ether oxygens (including phenoxy) is 2. The topological polar surface area (TPSA) is 129 Å². The Bertz CT molecular complexity index is 1440. The lowest BCUT2D eigenvalue weighted by molar-refractivity contribution is -0.157. The van der Waals surface area contributed by atoms with Gasteiger partial charge in [-0.3, -0.25) is 9.59 Å². The van der Waals surface area contributed by atoms with Gasteiger partial charge in [0, 0.05) is 56.4 Å². The number of piperidine rings is 2. The van der Waals surface area contributed by atoms with Gasteiger partial charge in [-0.15, -0.1) is 13.2 Å². The van der Waals surface area contributed by atoms with E-state index in [2.05, 4.69) is 58.8 Å². The zero-order chi connectivity index (χ0) is 36.6. The standard InChI is InChI=1S/C21H32BN3O4.C15H20BrN3O2/c1-7-9-21(17(26)27-8-2)10-12-25(13-11-21)18-23-14-16(15-24-18)22-28-19(3,4)20(5,6)29-22;1-3-5-15(13(20)21-4-2)6-8-19(9-7-15)14-17-10-12(16)11-18-14/h7,14-15H,1,8-13H2,2-6H3;3,10-11H,1,4-9H2,2H3. The van der Waals surface area contributed by atoms with Crippen molar-refractivity contribution in [3.05, 3.63) is 54.6 Å². The molecule has 14 heteroatoms. The first kappa shape index (κ1) is 39.4. The van der Waals surface area contributed by atoms with Crippen LogP contribution in [0.2, 0.25) is 0 Å². The van der Waals surface area contributed by atoms with Crippen LogP contribution in [0, 0.1) is 10.8 Å². The summed E-state index contributed by atoms with van der Waals surface area (Å²) >= 11 is 3.33. The van der Waals surface area contributed by atoms with Crippen molar-refractivity contribution in [2.24, 2.45) is 10.8 Å². The maximum Gasteiger partial charge on any atom is 0.498 e. The molecule has 50 heavy (non-hydrogen) atoms. The SMILES string of the molecule is C=CCC1(C(=O)OCC)CCN(c2ncc(B3OC(C)(C)C(C)(C)O3)cn2)CC1.C=CCC1(C(=O)OCC)CCN(c2ncc(Br)cn2)CC1. The van der Waals surface area contributed by atoms with Crippen LogP contribution in [0.15, 0.2) is 54.6 Å². The maximum atomic E-state index is 12.5. The highest BCUT2D eigenvalue weighted by molar-refractivity contribution is 9.10. The van der Waals surface area contributed by atoms with Crippen molar-refractivity contribution in [3.8, 4) is 0 Å². The van der Waals surface area contributed by atoms with E-state index in [0.29, 0.717) is 63.9 Å². The Morgan fingerprint density at radius 1 is 0.760 bits per heavy atom. The van der Waals surface area contributed by atoms with Crippen molar-refractivity contribution in [2.75, 3.05) is 49.2 Å². The minimum absolute atomic E-state index is 0.110. The molecule has 0 spiro atoms. The Kier molecular flexibility index (Phi) is 13.2. The minimum atomic E-state index is -0.489. The number of hydrogen-bond donors (Lipinski definition) is 0. The number of carbonyl (C=O) groups excluding carboxylic acids is 2. The summed E-state index contributed by atoms with van der Waals surface area (Å²) in [6.45, 7) is 23.1. The number of carbonyl (C=O) groups is 2. The molecule has 272 valence electrons. The molecule has 0 N–H and O–H groups in total. The van der Waals surface area contributed by atoms with Crippen LogP contribution in [0.3, 0.4) is 0 Å². The lowest BCUT2D eigenvalue weighted by atomic mass is 9.75. The van der Waals surface area contributed by atoms with E-state index in [0.717, 1.165) is 35.9 Å². The van der Waals surface area contributed by atoms with Gasteiger partial charge in [-0.05, 0) is 96.0 Å². The molecule has 0 radical (unpaired) electrons. The third kappa shape index (κ3) is 8.92. The van der Waals surface area contributed by atoms with Crippen molar-refractivity contribution >= 4 is 52.3 Å². The van der Waals surface area contributed by atoms with Gasteiger partial charge in [0.15, 0.2) is 0 Å². The van der Waals surface area contributed by atoms with Gasteiger partial charge in [0.1, 0.15) is 0 Å². The van der Waals surface area contributed by atoms with Gasteiger partial charge in [-0.25, -0.2) is 19.9 Å². The number of esters is 2. The lowest BCUT2D eigenvalue weighted by Crippen LogP contribution is -2.45. The summed E-state index contributed by atoms with van der Waals surface area (Å²) in [6, 6.07) is 0. The average molecular weight is 756 g/mol. The van der Waals surface area contributed by atoms with Gasteiger partial charge in [0.25, 0.3) is 0 Å². The minimum Gasteiger partial charge on any atom is -0.466 e. The van der Waals surface area contributed by atoms with Crippen LogP contribution in [0.25, 0.3) is 0 Å². The Morgan fingerprint density at radius 3 is 1.46 bits per heavy atom.